The number of carbonyl (C=O) groups is 2. The van der Waals surface area contributed by atoms with Crippen molar-refractivity contribution in [3.8, 4) is 0 Å². The molecule has 2 aromatic rings. The first-order valence-corrected chi connectivity index (χ1v) is 7.05. The highest BCUT2D eigenvalue weighted by Gasteiger charge is 2.16. The predicted molar refractivity (Wildman–Crippen MR) is 77.5 cm³/mol. The molecule has 0 aliphatic carbocycles. The highest BCUT2D eigenvalue weighted by atomic mass is 35.5. The Morgan fingerprint density at radius 2 is 2.25 bits per heavy atom. The Labute approximate surface area is 124 Å². The number of nitrogens with zero attached hydrogens (tertiary/aromatic N) is 1. The maximum atomic E-state index is 12.1. The van der Waals surface area contributed by atoms with Gasteiger partial charge in [0.2, 0.25) is 0 Å². The van der Waals surface area contributed by atoms with Gasteiger partial charge in [0.25, 0.3) is 5.91 Å². The first-order valence-electron chi connectivity index (χ1n) is 5.79. The Morgan fingerprint density at radius 1 is 1.45 bits per heavy atom. The van der Waals surface area contributed by atoms with E-state index < -0.39 is 5.97 Å². The molecule has 2 rings (SSSR count). The molecule has 2 heterocycles. The fourth-order valence-electron chi connectivity index (χ4n) is 1.49. The van der Waals surface area contributed by atoms with E-state index in [1.54, 1.807) is 24.4 Å². The van der Waals surface area contributed by atoms with Crippen LogP contribution >= 0.6 is 22.9 Å². The van der Waals surface area contributed by atoms with Gasteiger partial charge in [-0.1, -0.05) is 11.6 Å². The van der Waals surface area contributed by atoms with Crippen molar-refractivity contribution in [2.75, 3.05) is 11.9 Å². The summed E-state index contributed by atoms with van der Waals surface area (Å²) in [5, 5.41) is 5.05. The number of amides is 1. The molecule has 0 atom stereocenters. The molecule has 0 saturated heterocycles. The first kappa shape index (κ1) is 14.5. The summed E-state index contributed by atoms with van der Waals surface area (Å²) in [6, 6.07) is 4.60. The van der Waals surface area contributed by atoms with Crippen LogP contribution < -0.4 is 5.32 Å². The van der Waals surface area contributed by atoms with Gasteiger partial charge in [0.15, 0.2) is 0 Å². The molecule has 5 nitrogen and oxygen atoms in total. The van der Waals surface area contributed by atoms with E-state index in [9.17, 15) is 9.59 Å². The van der Waals surface area contributed by atoms with E-state index in [-0.39, 0.29) is 17.7 Å². The summed E-state index contributed by atoms with van der Waals surface area (Å²) in [7, 11) is 0. The fourth-order valence-corrected chi connectivity index (χ4v) is 2.44. The Balaban J connectivity index is 2.16. The lowest BCUT2D eigenvalue weighted by molar-refractivity contribution is 0.0528. The summed E-state index contributed by atoms with van der Waals surface area (Å²) < 4.78 is 4.92. The van der Waals surface area contributed by atoms with E-state index in [1.165, 1.54) is 23.6 Å². The summed E-state index contributed by atoms with van der Waals surface area (Å²) in [6.07, 6.45) is 1.44. The molecule has 0 fully saturated rings. The number of pyridine rings is 1. The number of rotatable bonds is 4. The summed E-state index contributed by atoms with van der Waals surface area (Å²) in [5.74, 6) is -0.820. The van der Waals surface area contributed by atoms with Crippen LogP contribution in [0.3, 0.4) is 0 Å². The second kappa shape index (κ2) is 6.49. The lowest BCUT2D eigenvalue weighted by atomic mass is 10.2. The van der Waals surface area contributed by atoms with Crippen molar-refractivity contribution < 1.29 is 14.3 Å². The quantitative estimate of drug-likeness (QED) is 0.695. The number of aromatic nitrogens is 1. The van der Waals surface area contributed by atoms with Crippen LogP contribution in [-0.4, -0.2) is 23.5 Å². The number of esters is 1. The second-order valence-corrected chi connectivity index (χ2v) is 5.01. The number of hydrogen-bond donors (Lipinski definition) is 1. The smallest absolute Gasteiger partial charge is 0.341 e. The van der Waals surface area contributed by atoms with E-state index in [2.05, 4.69) is 10.3 Å². The SMILES string of the molecule is CCOC(=O)c1ccsc1NC(=O)c1ccnc(Cl)c1. The monoisotopic (exact) mass is 310 g/mol. The summed E-state index contributed by atoms with van der Waals surface area (Å²) >= 11 is 6.98. The van der Waals surface area contributed by atoms with Crippen molar-refractivity contribution in [1.29, 1.82) is 0 Å². The zero-order valence-electron chi connectivity index (χ0n) is 10.6. The summed E-state index contributed by atoms with van der Waals surface area (Å²) in [6.45, 7) is 2.00. The van der Waals surface area contributed by atoms with E-state index in [1.807, 2.05) is 0 Å². The highest BCUT2D eigenvalue weighted by Crippen LogP contribution is 2.24. The number of anilines is 1. The highest BCUT2D eigenvalue weighted by molar-refractivity contribution is 7.14. The fraction of sp³-hybridized carbons (Fsp3) is 0.154. The van der Waals surface area contributed by atoms with Crippen LogP contribution in [0.15, 0.2) is 29.8 Å². The van der Waals surface area contributed by atoms with Crippen LogP contribution in [0.25, 0.3) is 0 Å². The summed E-state index contributed by atoms with van der Waals surface area (Å²) in [5.41, 5.74) is 0.707. The van der Waals surface area contributed by atoms with Gasteiger partial charge in [-0.2, -0.15) is 0 Å². The third kappa shape index (κ3) is 3.34. The normalized spacial score (nSPS) is 10.1. The molecule has 0 spiro atoms. The van der Waals surface area contributed by atoms with E-state index >= 15 is 0 Å². The number of nitrogens with one attached hydrogen (secondary N) is 1. The molecule has 20 heavy (non-hydrogen) atoms. The Hall–Kier alpha value is -1.92. The van der Waals surface area contributed by atoms with Gasteiger partial charge in [0.1, 0.15) is 10.2 Å². The van der Waals surface area contributed by atoms with Gasteiger partial charge < -0.3 is 10.1 Å². The minimum Gasteiger partial charge on any atom is -0.462 e. The van der Waals surface area contributed by atoms with Crippen molar-refractivity contribution in [3.05, 3.63) is 46.1 Å². The molecule has 0 aromatic carbocycles. The third-order valence-electron chi connectivity index (χ3n) is 2.38. The van der Waals surface area contributed by atoms with Crippen LogP contribution in [0.1, 0.15) is 27.6 Å². The first-order chi connectivity index (χ1) is 9.61. The van der Waals surface area contributed by atoms with Crippen LogP contribution in [0, 0.1) is 0 Å². The molecule has 1 amide bonds. The molecule has 7 heteroatoms. The van der Waals surface area contributed by atoms with Gasteiger partial charge in [-0.05, 0) is 30.5 Å². The zero-order chi connectivity index (χ0) is 14.5. The lowest BCUT2D eigenvalue weighted by Gasteiger charge is -2.06. The average Bonchev–Trinajstić information content (AvgIpc) is 2.87. The van der Waals surface area contributed by atoms with Crippen molar-refractivity contribution in [1.82, 2.24) is 4.98 Å². The predicted octanol–water partition coefficient (Wildman–Crippen LogP) is 3.23. The number of halogens is 1. The molecule has 0 saturated carbocycles. The van der Waals surface area contributed by atoms with Crippen molar-refractivity contribution in [2.24, 2.45) is 0 Å². The molecule has 0 aliphatic rings. The largest absolute Gasteiger partial charge is 0.462 e. The van der Waals surface area contributed by atoms with Crippen LogP contribution in [0.5, 0.6) is 0 Å². The standard InChI is InChI=1S/C13H11ClN2O3S/c1-2-19-13(18)9-4-6-20-12(9)16-11(17)8-3-5-15-10(14)7-8/h3-7H,2H2,1H3,(H,16,17). The molecular formula is C13H11ClN2O3S. The van der Waals surface area contributed by atoms with E-state index in [4.69, 9.17) is 16.3 Å². The van der Waals surface area contributed by atoms with Crippen molar-refractivity contribution >= 4 is 39.8 Å². The molecular weight excluding hydrogens is 300 g/mol. The maximum Gasteiger partial charge on any atom is 0.341 e. The van der Waals surface area contributed by atoms with Gasteiger partial charge in [-0.15, -0.1) is 11.3 Å². The van der Waals surface area contributed by atoms with Crippen molar-refractivity contribution in [2.45, 2.75) is 6.92 Å². The zero-order valence-corrected chi connectivity index (χ0v) is 12.1. The molecule has 2 aromatic heterocycles. The second-order valence-electron chi connectivity index (χ2n) is 3.71. The molecule has 104 valence electrons. The van der Waals surface area contributed by atoms with Gasteiger partial charge >= 0.3 is 5.97 Å². The third-order valence-corrected chi connectivity index (χ3v) is 3.41. The minimum absolute atomic E-state index is 0.231. The van der Waals surface area contributed by atoms with Crippen LogP contribution in [-0.2, 0) is 4.74 Å². The van der Waals surface area contributed by atoms with E-state index in [0.717, 1.165) is 0 Å². The molecule has 0 radical (unpaired) electrons. The van der Waals surface area contributed by atoms with Gasteiger partial charge in [-0.25, -0.2) is 9.78 Å². The van der Waals surface area contributed by atoms with Gasteiger partial charge in [-0.3, -0.25) is 4.79 Å². The maximum absolute atomic E-state index is 12.1. The number of ether oxygens (including phenoxy) is 1. The van der Waals surface area contributed by atoms with E-state index in [0.29, 0.717) is 16.1 Å². The van der Waals surface area contributed by atoms with Crippen molar-refractivity contribution in [3.63, 3.8) is 0 Å². The minimum atomic E-state index is -0.461. The Bertz CT molecular complexity index is 642. The molecule has 0 bridgehead atoms. The lowest BCUT2D eigenvalue weighted by Crippen LogP contribution is -2.14. The number of hydrogen-bond acceptors (Lipinski definition) is 5. The molecule has 1 N–H and O–H groups in total. The number of carbonyl (C=O) groups excluding carboxylic acids is 2. The van der Waals surface area contributed by atoms with Gasteiger partial charge in [0, 0.05) is 11.8 Å². The number of thiophene rings is 1. The van der Waals surface area contributed by atoms with Crippen LogP contribution in [0.2, 0.25) is 5.15 Å². The molecule has 0 unspecified atom stereocenters. The van der Waals surface area contributed by atoms with Crippen LogP contribution in [0.4, 0.5) is 5.00 Å². The summed E-state index contributed by atoms with van der Waals surface area (Å²) in [4.78, 5) is 27.6. The Kier molecular flexibility index (Phi) is 4.70. The molecule has 0 aliphatic heterocycles. The Morgan fingerprint density at radius 3 is 2.95 bits per heavy atom. The van der Waals surface area contributed by atoms with Gasteiger partial charge in [0.05, 0.1) is 12.2 Å². The average molecular weight is 311 g/mol. The topological polar surface area (TPSA) is 68.3 Å².